The topological polar surface area (TPSA) is 21.3 Å². The molecule has 0 amide bonds. The highest BCUT2D eigenvalue weighted by Crippen LogP contribution is 2.30. The first-order valence-corrected chi connectivity index (χ1v) is 6.97. The summed E-state index contributed by atoms with van der Waals surface area (Å²) in [6.45, 7) is 9.66. The molecule has 17 heavy (non-hydrogen) atoms. The molecular weight excluding hydrogens is 278 g/mol. The third-order valence-electron chi connectivity index (χ3n) is 3.11. The summed E-state index contributed by atoms with van der Waals surface area (Å²) in [5, 5.41) is 3.34. The van der Waals surface area contributed by atoms with E-state index >= 15 is 0 Å². The third-order valence-corrected chi connectivity index (χ3v) is 3.50. The largest absolute Gasteiger partial charge is 0.496 e. The van der Waals surface area contributed by atoms with Gasteiger partial charge < -0.3 is 10.1 Å². The van der Waals surface area contributed by atoms with Crippen LogP contribution in [0.25, 0.3) is 0 Å². The zero-order valence-corrected chi connectivity index (χ0v) is 12.9. The van der Waals surface area contributed by atoms with Gasteiger partial charge in [0.2, 0.25) is 0 Å². The average Bonchev–Trinajstić information content (AvgIpc) is 2.26. The second-order valence-electron chi connectivity index (χ2n) is 5.09. The van der Waals surface area contributed by atoms with E-state index in [9.17, 15) is 0 Å². The average molecular weight is 300 g/mol. The van der Waals surface area contributed by atoms with E-state index < -0.39 is 0 Å². The number of benzene rings is 1. The molecule has 1 N–H and O–H groups in total. The van der Waals surface area contributed by atoms with Crippen LogP contribution in [0.4, 0.5) is 0 Å². The zero-order valence-electron chi connectivity index (χ0n) is 11.4. The van der Waals surface area contributed by atoms with Crippen molar-refractivity contribution in [2.24, 2.45) is 0 Å². The smallest absolute Gasteiger partial charge is 0.124 e. The van der Waals surface area contributed by atoms with Gasteiger partial charge in [-0.25, -0.2) is 0 Å². The molecule has 3 heteroatoms. The molecule has 0 unspecified atom stereocenters. The quantitative estimate of drug-likeness (QED) is 0.663. The number of ether oxygens (including phenoxy) is 1. The van der Waals surface area contributed by atoms with E-state index in [2.05, 4.69) is 61.1 Å². The van der Waals surface area contributed by atoms with Crippen molar-refractivity contribution in [3.63, 3.8) is 0 Å². The summed E-state index contributed by atoms with van der Waals surface area (Å²) in [5.41, 5.74) is 4.70. The fourth-order valence-electron chi connectivity index (χ4n) is 2.12. The number of hydrogen-bond acceptors (Lipinski definition) is 2. The van der Waals surface area contributed by atoms with Gasteiger partial charge in [-0.3, -0.25) is 0 Å². The number of nitrogens with one attached hydrogen (secondary N) is 1. The summed E-state index contributed by atoms with van der Waals surface area (Å²) >= 11 is 3.40. The van der Waals surface area contributed by atoms with Gasteiger partial charge in [0.1, 0.15) is 5.75 Å². The number of alkyl halides is 1. The molecule has 0 radical (unpaired) electrons. The summed E-state index contributed by atoms with van der Waals surface area (Å²) < 4.78 is 5.40. The first-order chi connectivity index (χ1) is 7.92. The van der Waals surface area contributed by atoms with E-state index in [1.807, 2.05) is 0 Å². The van der Waals surface area contributed by atoms with Crippen molar-refractivity contribution < 1.29 is 4.74 Å². The van der Waals surface area contributed by atoms with Crippen molar-refractivity contribution in [2.75, 3.05) is 19.1 Å². The molecule has 96 valence electrons. The molecule has 0 aromatic heterocycles. The van der Waals surface area contributed by atoms with Crippen LogP contribution in [0.3, 0.4) is 0 Å². The van der Waals surface area contributed by atoms with Gasteiger partial charge in [0.15, 0.2) is 0 Å². The summed E-state index contributed by atoms with van der Waals surface area (Å²) in [6, 6.07) is 4.45. The highest BCUT2D eigenvalue weighted by molar-refractivity contribution is 9.09. The molecule has 0 aliphatic rings. The van der Waals surface area contributed by atoms with Gasteiger partial charge in [0, 0.05) is 12.0 Å². The lowest BCUT2D eigenvalue weighted by Gasteiger charge is -2.27. The van der Waals surface area contributed by atoms with E-state index in [1.165, 1.54) is 16.7 Å². The highest BCUT2D eigenvalue weighted by atomic mass is 79.9. The van der Waals surface area contributed by atoms with Crippen LogP contribution in [0.1, 0.15) is 30.5 Å². The molecule has 0 fully saturated rings. The van der Waals surface area contributed by atoms with Gasteiger partial charge in [-0.15, -0.1) is 0 Å². The predicted molar refractivity (Wildman–Crippen MR) is 77.3 cm³/mol. The number of halogens is 1. The van der Waals surface area contributed by atoms with Crippen LogP contribution in [0, 0.1) is 13.8 Å². The molecule has 0 heterocycles. The Kier molecular flexibility index (Phi) is 5.02. The summed E-state index contributed by atoms with van der Waals surface area (Å²) in [4.78, 5) is 0. The monoisotopic (exact) mass is 299 g/mol. The number of rotatable bonds is 5. The fourth-order valence-corrected chi connectivity index (χ4v) is 2.32. The first kappa shape index (κ1) is 14.5. The number of hydrogen-bond donors (Lipinski definition) is 1. The molecule has 0 aliphatic carbocycles. The molecule has 2 nitrogen and oxygen atoms in total. The maximum absolute atomic E-state index is 5.40. The van der Waals surface area contributed by atoms with Crippen molar-refractivity contribution in [1.82, 2.24) is 5.32 Å². The normalized spacial score (nSPS) is 11.6. The Morgan fingerprint density at radius 2 is 1.76 bits per heavy atom. The number of methoxy groups -OCH3 is 1. The second-order valence-corrected chi connectivity index (χ2v) is 5.65. The van der Waals surface area contributed by atoms with E-state index in [-0.39, 0.29) is 5.41 Å². The molecule has 1 aromatic rings. The van der Waals surface area contributed by atoms with Gasteiger partial charge >= 0.3 is 0 Å². The lowest BCUT2D eigenvalue weighted by atomic mass is 9.83. The van der Waals surface area contributed by atoms with Crippen LogP contribution in [0.15, 0.2) is 12.1 Å². The molecule has 0 aliphatic heterocycles. The van der Waals surface area contributed by atoms with Crippen molar-refractivity contribution in [1.29, 1.82) is 0 Å². The Morgan fingerprint density at radius 3 is 2.18 bits per heavy atom. The lowest BCUT2D eigenvalue weighted by Crippen LogP contribution is -2.32. The highest BCUT2D eigenvalue weighted by Gasteiger charge is 2.21. The van der Waals surface area contributed by atoms with Crippen molar-refractivity contribution >= 4 is 15.9 Å². The molecular formula is C14H22BrNO. The maximum atomic E-state index is 5.40. The molecule has 0 atom stereocenters. The minimum atomic E-state index is 0.121. The Labute approximate surface area is 113 Å². The second kappa shape index (κ2) is 5.87. The van der Waals surface area contributed by atoms with Gasteiger partial charge in [-0.05, 0) is 30.5 Å². The van der Waals surface area contributed by atoms with Gasteiger partial charge in [0.05, 0.1) is 12.6 Å². The van der Waals surface area contributed by atoms with E-state index in [0.717, 1.165) is 17.7 Å². The van der Waals surface area contributed by atoms with Crippen molar-refractivity contribution in [2.45, 2.75) is 33.1 Å². The fraction of sp³-hybridized carbons (Fsp3) is 0.571. The van der Waals surface area contributed by atoms with Crippen LogP contribution < -0.4 is 10.1 Å². The predicted octanol–water partition coefficient (Wildman–Crippen LogP) is 3.53. The van der Waals surface area contributed by atoms with Gasteiger partial charge in [-0.1, -0.05) is 41.9 Å². The minimum Gasteiger partial charge on any atom is -0.496 e. The Bertz CT molecular complexity index is 365. The van der Waals surface area contributed by atoms with Crippen molar-refractivity contribution in [3.8, 4) is 5.75 Å². The Morgan fingerprint density at radius 1 is 1.24 bits per heavy atom. The first-order valence-electron chi connectivity index (χ1n) is 5.84. The molecule has 0 bridgehead atoms. The molecule has 1 aromatic carbocycles. The zero-order chi connectivity index (χ0) is 13.1. The standard InChI is InChI=1S/C14H22BrNO/c1-10-6-12(7-11(2)13(10)17-5)14(3,4)8-16-9-15/h6-7,16H,8-9H2,1-5H3. The Balaban J connectivity index is 3.07. The van der Waals surface area contributed by atoms with Gasteiger partial charge in [0.25, 0.3) is 0 Å². The Hall–Kier alpha value is -0.540. The van der Waals surface area contributed by atoms with E-state index in [0.29, 0.717) is 0 Å². The molecule has 0 spiro atoms. The minimum absolute atomic E-state index is 0.121. The summed E-state index contributed by atoms with van der Waals surface area (Å²) in [7, 11) is 1.73. The van der Waals surface area contributed by atoms with Crippen molar-refractivity contribution in [3.05, 3.63) is 28.8 Å². The SMILES string of the molecule is COc1c(C)cc(C(C)(C)CNCBr)cc1C. The molecule has 1 rings (SSSR count). The van der Waals surface area contributed by atoms with Crippen LogP contribution in [0.2, 0.25) is 0 Å². The van der Waals surface area contributed by atoms with Gasteiger partial charge in [-0.2, -0.15) is 0 Å². The molecule has 0 saturated carbocycles. The van der Waals surface area contributed by atoms with Crippen LogP contribution in [0.5, 0.6) is 5.75 Å². The van der Waals surface area contributed by atoms with E-state index in [4.69, 9.17) is 4.74 Å². The van der Waals surface area contributed by atoms with E-state index in [1.54, 1.807) is 7.11 Å². The van der Waals surface area contributed by atoms with Crippen LogP contribution in [-0.2, 0) is 5.41 Å². The third kappa shape index (κ3) is 3.46. The number of aryl methyl sites for hydroxylation is 2. The maximum Gasteiger partial charge on any atom is 0.124 e. The van der Waals surface area contributed by atoms with Crippen LogP contribution >= 0.6 is 15.9 Å². The summed E-state index contributed by atoms with van der Waals surface area (Å²) in [5.74, 6) is 0.998. The summed E-state index contributed by atoms with van der Waals surface area (Å²) in [6.07, 6.45) is 0. The lowest BCUT2D eigenvalue weighted by molar-refractivity contribution is 0.407. The molecule has 0 saturated heterocycles. The van der Waals surface area contributed by atoms with Crippen LogP contribution in [-0.4, -0.2) is 19.1 Å².